The molecular formula is C13H14N2O2. The monoisotopic (exact) mass is 230 g/mol. The first-order valence-corrected chi connectivity index (χ1v) is 5.65. The van der Waals surface area contributed by atoms with Crippen LogP contribution in [-0.4, -0.2) is 12.0 Å². The number of hydrogen-bond acceptors (Lipinski definition) is 4. The summed E-state index contributed by atoms with van der Waals surface area (Å²) >= 11 is 0. The molecule has 0 radical (unpaired) electrons. The zero-order valence-corrected chi connectivity index (χ0v) is 9.69. The van der Waals surface area contributed by atoms with E-state index in [-0.39, 0.29) is 0 Å². The van der Waals surface area contributed by atoms with Crippen LogP contribution in [0.2, 0.25) is 0 Å². The predicted octanol–water partition coefficient (Wildman–Crippen LogP) is 2.09. The van der Waals surface area contributed by atoms with E-state index in [0.717, 1.165) is 23.6 Å². The Kier molecular flexibility index (Phi) is 2.66. The van der Waals surface area contributed by atoms with Crippen LogP contribution in [0.1, 0.15) is 16.8 Å². The second kappa shape index (κ2) is 4.31. The van der Waals surface area contributed by atoms with Gasteiger partial charge in [-0.05, 0) is 24.2 Å². The Morgan fingerprint density at radius 3 is 3.06 bits per heavy atom. The molecule has 0 spiro atoms. The molecule has 1 aromatic carbocycles. The van der Waals surface area contributed by atoms with E-state index in [1.54, 1.807) is 0 Å². The maximum atomic E-state index is 5.47. The highest BCUT2D eigenvalue weighted by Crippen LogP contribution is 2.28. The zero-order chi connectivity index (χ0) is 11.7. The van der Waals surface area contributed by atoms with E-state index in [0.29, 0.717) is 13.2 Å². The number of fused-ring (bicyclic) bond motifs is 1. The molecule has 1 aliphatic rings. The summed E-state index contributed by atoms with van der Waals surface area (Å²) in [7, 11) is 1.90. The summed E-state index contributed by atoms with van der Waals surface area (Å²) in [6.07, 6.45) is 1.49. The third-order valence-electron chi connectivity index (χ3n) is 2.97. The lowest BCUT2D eigenvalue weighted by atomic mass is 10.0. The average Bonchev–Trinajstić information content (AvgIpc) is 2.96. The third kappa shape index (κ3) is 1.85. The molecule has 1 aromatic heterocycles. The second-order valence-electron chi connectivity index (χ2n) is 4.13. The zero-order valence-electron chi connectivity index (χ0n) is 9.69. The van der Waals surface area contributed by atoms with Gasteiger partial charge in [0.1, 0.15) is 5.69 Å². The number of nitrogens with one attached hydrogen (secondary N) is 1. The van der Waals surface area contributed by atoms with E-state index in [2.05, 4.69) is 28.5 Å². The first kappa shape index (κ1) is 10.5. The molecule has 0 unspecified atom stereocenters. The van der Waals surface area contributed by atoms with Crippen LogP contribution in [0.15, 0.2) is 29.0 Å². The van der Waals surface area contributed by atoms with Crippen LogP contribution in [-0.2, 0) is 24.5 Å². The number of aromatic nitrogens is 1. The van der Waals surface area contributed by atoms with Gasteiger partial charge in [-0.25, -0.2) is 4.98 Å². The van der Waals surface area contributed by atoms with Crippen LogP contribution in [0, 0.1) is 0 Å². The largest absolute Gasteiger partial charge is 0.443 e. The minimum absolute atomic E-state index is 0.693. The Morgan fingerprint density at radius 2 is 2.18 bits per heavy atom. The van der Waals surface area contributed by atoms with Gasteiger partial charge in [0.25, 0.3) is 0 Å². The topological polar surface area (TPSA) is 47.3 Å². The van der Waals surface area contributed by atoms with Crippen LogP contribution >= 0.6 is 0 Å². The average molecular weight is 230 g/mol. The summed E-state index contributed by atoms with van der Waals surface area (Å²) < 4.78 is 10.9. The molecule has 4 heteroatoms. The van der Waals surface area contributed by atoms with Crippen LogP contribution in [0.5, 0.6) is 0 Å². The molecule has 1 aliphatic heterocycles. The summed E-state index contributed by atoms with van der Waals surface area (Å²) in [5.41, 5.74) is 4.51. The summed E-state index contributed by atoms with van der Waals surface area (Å²) in [5, 5.41) is 3.09. The van der Waals surface area contributed by atoms with Crippen LogP contribution in [0.4, 0.5) is 0 Å². The molecule has 3 rings (SSSR count). The molecule has 2 heterocycles. The van der Waals surface area contributed by atoms with Crippen molar-refractivity contribution in [2.24, 2.45) is 0 Å². The molecule has 88 valence electrons. The van der Waals surface area contributed by atoms with Crippen LogP contribution in [0.25, 0.3) is 11.3 Å². The SMILES string of the molecule is CNCc1ncoc1-c1ccc2c(c1)COC2. The van der Waals surface area contributed by atoms with Gasteiger partial charge in [0.05, 0.1) is 13.2 Å². The molecule has 4 nitrogen and oxygen atoms in total. The van der Waals surface area contributed by atoms with E-state index in [4.69, 9.17) is 9.15 Å². The second-order valence-corrected chi connectivity index (χ2v) is 4.13. The number of hydrogen-bond donors (Lipinski definition) is 1. The van der Waals surface area contributed by atoms with Crippen molar-refractivity contribution in [1.29, 1.82) is 0 Å². The first-order chi connectivity index (χ1) is 8.38. The fourth-order valence-electron chi connectivity index (χ4n) is 2.11. The molecular weight excluding hydrogens is 216 g/mol. The van der Waals surface area contributed by atoms with Gasteiger partial charge in [-0.15, -0.1) is 0 Å². The standard InChI is InChI=1S/C13H14N2O2/c1-14-5-12-13(17-8-15-12)9-2-3-10-6-16-7-11(10)4-9/h2-4,8,14H,5-7H2,1H3. The lowest BCUT2D eigenvalue weighted by molar-refractivity contribution is 0.134. The van der Waals surface area contributed by atoms with E-state index in [1.807, 2.05) is 7.05 Å². The molecule has 2 aromatic rings. The number of rotatable bonds is 3. The Morgan fingerprint density at radius 1 is 1.29 bits per heavy atom. The predicted molar refractivity (Wildman–Crippen MR) is 63.2 cm³/mol. The Balaban J connectivity index is 2.00. The van der Waals surface area contributed by atoms with Crippen molar-refractivity contribution >= 4 is 0 Å². The highest BCUT2D eigenvalue weighted by atomic mass is 16.5. The number of benzene rings is 1. The highest BCUT2D eigenvalue weighted by Gasteiger charge is 2.15. The Labute approximate surface area is 99.6 Å². The van der Waals surface area contributed by atoms with Gasteiger partial charge in [0, 0.05) is 12.1 Å². The fraction of sp³-hybridized carbons (Fsp3) is 0.308. The molecule has 17 heavy (non-hydrogen) atoms. The third-order valence-corrected chi connectivity index (χ3v) is 2.97. The van der Waals surface area contributed by atoms with E-state index in [9.17, 15) is 0 Å². The van der Waals surface area contributed by atoms with Crippen molar-refractivity contribution < 1.29 is 9.15 Å². The molecule has 0 fully saturated rings. The maximum absolute atomic E-state index is 5.47. The van der Waals surface area contributed by atoms with Gasteiger partial charge in [0.15, 0.2) is 12.2 Å². The lowest BCUT2D eigenvalue weighted by Gasteiger charge is -2.03. The summed E-state index contributed by atoms with van der Waals surface area (Å²) in [6.45, 7) is 2.12. The molecule has 1 N–H and O–H groups in total. The molecule has 0 aliphatic carbocycles. The van der Waals surface area contributed by atoms with Crippen molar-refractivity contribution in [1.82, 2.24) is 10.3 Å². The van der Waals surface area contributed by atoms with Crippen molar-refractivity contribution in [3.8, 4) is 11.3 Å². The number of oxazole rings is 1. The minimum atomic E-state index is 0.693. The van der Waals surface area contributed by atoms with E-state index in [1.165, 1.54) is 17.5 Å². The Hall–Kier alpha value is -1.65. The van der Waals surface area contributed by atoms with Gasteiger partial charge in [-0.2, -0.15) is 0 Å². The molecule has 0 bridgehead atoms. The smallest absolute Gasteiger partial charge is 0.181 e. The quantitative estimate of drug-likeness (QED) is 0.877. The van der Waals surface area contributed by atoms with Gasteiger partial charge < -0.3 is 14.5 Å². The number of nitrogens with zero attached hydrogens (tertiary/aromatic N) is 1. The molecule has 0 amide bonds. The van der Waals surface area contributed by atoms with Gasteiger partial charge >= 0.3 is 0 Å². The first-order valence-electron chi connectivity index (χ1n) is 5.65. The van der Waals surface area contributed by atoms with E-state index >= 15 is 0 Å². The summed E-state index contributed by atoms with van der Waals surface area (Å²) in [4.78, 5) is 4.22. The van der Waals surface area contributed by atoms with Crippen molar-refractivity contribution in [3.63, 3.8) is 0 Å². The molecule has 0 saturated carbocycles. The Bertz CT molecular complexity index is 534. The van der Waals surface area contributed by atoms with Crippen molar-refractivity contribution in [2.45, 2.75) is 19.8 Å². The molecule has 0 saturated heterocycles. The van der Waals surface area contributed by atoms with Crippen LogP contribution < -0.4 is 5.32 Å². The van der Waals surface area contributed by atoms with E-state index < -0.39 is 0 Å². The summed E-state index contributed by atoms with van der Waals surface area (Å²) in [6, 6.07) is 6.29. The van der Waals surface area contributed by atoms with Gasteiger partial charge in [-0.1, -0.05) is 12.1 Å². The molecule has 0 atom stereocenters. The van der Waals surface area contributed by atoms with Crippen molar-refractivity contribution in [2.75, 3.05) is 7.05 Å². The van der Waals surface area contributed by atoms with Gasteiger partial charge in [-0.3, -0.25) is 0 Å². The normalized spacial score (nSPS) is 13.9. The van der Waals surface area contributed by atoms with Crippen LogP contribution in [0.3, 0.4) is 0 Å². The summed E-state index contributed by atoms with van der Waals surface area (Å²) in [5.74, 6) is 0.842. The van der Waals surface area contributed by atoms with Crippen molar-refractivity contribution in [3.05, 3.63) is 41.4 Å². The fourth-order valence-corrected chi connectivity index (χ4v) is 2.11. The lowest BCUT2D eigenvalue weighted by Crippen LogP contribution is -2.06. The highest BCUT2D eigenvalue weighted by molar-refractivity contribution is 5.61. The van der Waals surface area contributed by atoms with Gasteiger partial charge in [0.2, 0.25) is 0 Å². The number of ether oxygens (including phenoxy) is 1. The minimum Gasteiger partial charge on any atom is -0.443 e. The maximum Gasteiger partial charge on any atom is 0.181 e.